The molecule has 2 rings (SSSR count). The quantitative estimate of drug-likeness (QED) is 0.570. The summed E-state index contributed by atoms with van der Waals surface area (Å²) in [4.78, 5) is 2.37. The number of amidine groups is 1. The Hall–Kier alpha value is -1.39. The van der Waals surface area contributed by atoms with Gasteiger partial charge in [0.1, 0.15) is 5.84 Å². The third-order valence-corrected chi connectivity index (χ3v) is 3.86. The van der Waals surface area contributed by atoms with E-state index in [1.54, 1.807) is 0 Å². The standard InChI is InChI=1S/C15H23N3O/c16-15(17)13-7-5-12(6-8-13)10-18-9-3-1-2-4-14(18)11-19/h5-8,14,19H,1-4,9-11H2,(H3,16,17). The van der Waals surface area contributed by atoms with Crippen molar-refractivity contribution >= 4 is 5.84 Å². The van der Waals surface area contributed by atoms with E-state index in [1.807, 2.05) is 24.3 Å². The van der Waals surface area contributed by atoms with Gasteiger partial charge in [0.15, 0.2) is 0 Å². The smallest absolute Gasteiger partial charge is 0.122 e. The molecule has 0 radical (unpaired) electrons. The molecule has 1 aliphatic heterocycles. The molecular weight excluding hydrogens is 238 g/mol. The molecule has 4 nitrogen and oxygen atoms in total. The van der Waals surface area contributed by atoms with Gasteiger partial charge in [0.05, 0.1) is 6.61 Å². The molecule has 4 N–H and O–H groups in total. The van der Waals surface area contributed by atoms with E-state index in [1.165, 1.54) is 24.8 Å². The number of aliphatic hydroxyl groups is 1. The lowest BCUT2D eigenvalue weighted by Gasteiger charge is -2.28. The number of aliphatic hydroxyl groups excluding tert-OH is 1. The second-order valence-corrected chi connectivity index (χ2v) is 5.27. The largest absolute Gasteiger partial charge is 0.395 e. The molecule has 1 unspecified atom stereocenters. The normalized spacial score (nSPS) is 21.0. The van der Waals surface area contributed by atoms with E-state index in [4.69, 9.17) is 11.1 Å². The average Bonchev–Trinajstić information content (AvgIpc) is 2.64. The molecule has 4 heteroatoms. The predicted molar refractivity (Wildman–Crippen MR) is 77.2 cm³/mol. The van der Waals surface area contributed by atoms with Crippen molar-refractivity contribution in [1.82, 2.24) is 4.90 Å². The lowest BCUT2D eigenvalue weighted by Crippen LogP contribution is -2.36. The van der Waals surface area contributed by atoms with Crippen LogP contribution in [-0.2, 0) is 6.54 Å². The average molecular weight is 261 g/mol. The van der Waals surface area contributed by atoms with Gasteiger partial charge in [0.2, 0.25) is 0 Å². The second-order valence-electron chi connectivity index (χ2n) is 5.27. The van der Waals surface area contributed by atoms with Crippen LogP contribution < -0.4 is 5.73 Å². The zero-order valence-corrected chi connectivity index (χ0v) is 11.3. The van der Waals surface area contributed by atoms with Crippen molar-refractivity contribution in [3.05, 3.63) is 35.4 Å². The molecule has 1 aliphatic rings. The van der Waals surface area contributed by atoms with Crippen LogP contribution >= 0.6 is 0 Å². The molecule has 1 fully saturated rings. The van der Waals surface area contributed by atoms with Gasteiger partial charge >= 0.3 is 0 Å². The number of nitrogens with one attached hydrogen (secondary N) is 1. The predicted octanol–water partition coefficient (Wildman–Crippen LogP) is 1.71. The highest BCUT2D eigenvalue weighted by Crippen LogP contribution is 2.19. The van der Waals surface area contributed by atoms with Crippen molar-refractivity contribution in [2.75, 3.05) is 13.2 Å². The first-order chi connectivity index (χ1) is 9.20. The highest BCUT2D eigenvalue weighted by atomic mass is 16.3. The van der Waals surface area contributed by atoms with Crippen molar-refractivity contribution in [3.8, 4) is 0 Å². The fraction of sp³-hybridized carbons (Fsp3) is 0.533. The van der Waals surface area contributed by atoms with Crippen molar-refractivity contribution < 1.29 is 5.11 Å². The molecule has 1 atom stereocenters. The third-order valence-electron chi connectivity index (χ3n) is 3.86. The summed E-state index contributed by atoms with van der Waals surface area (Å²) in [7, 11) is 0. The van der Waals surface area contributed by atoms with Gasteiger partial charge in [-0.3, -0.25) is 10.3 Å². The summed E-state index contributed by atoms with van der Waals surface area (Å²) in [6.07, 6.45) is 4.77. The van der Waals surface area contributed by atoms with Crippen LogP contribution in [0.25, 0.3) is 0 Å². The lowest BCUT2D eigenvalue weighted by molar-refractivity contribution is 0.118. The van der Waals surface area contributed by atoms with Gasteiger partial charge in [-0.2, -0.15) is 0 Å². The van der Waals surface area contributed by atoms with E-state index in [0.29, 0.717) is 0 Å². The number of likely N-dealkylation sites (tertiary alicyclic amines) is 1. The number of nitrogens with zero attached hydrogens (tertiary/aromatic N) is 1. The van der Waals surface area contributed by atoms with E-state index in [9.17, 15) is 5.11 Å². The molecule has 19 heavy (non-hydrogen) atoms. The van der Waals surface area contributed by atoms with Crippen molar-refractivity contribution in [2.24, 2.45) is 5.73 Å². The molecule has 1 aromatic carbocycles. The fourth-order valence-corrected chi connectivity index (χ4v) is 2.68. The minimum atomic E-state index is 0.106. The molecule has 0 aromatic heterocycles. The van der Waals surface area contributed by atoms with E-state index in [2.05, 4.69) is 4.90 Å². The van der Waals surface area contributed by atoms with Gasteiger partial charge in [-0.05, 0) is 24.9 Å². The Balaban J connectivity index is 2.03. The SMILES string of the molecule is N=C(N)c1ccc(CN2CCCCCC2CO)cc1. The first-order valence-electron chi connectivity index (χ1n) is 6.99. The Morgan fingerprint density at radius 1 is 1.26 bits per heavy atom. The Morgan fingerprint density at radius 3 is 2.63 bits per heavy atom. The van der Waals surface area contributed by atoms with Gasteiger partial charge in [-0.1, -0.05) is 37.1 Å². The van der Waals surface area contributed by atoms with Crippen molar-refractivity contribution in [1.29, 1.82) is 5.41 Å². The number of hydrogen-bond donors (Lipinski definition) is 3. The maximum Gasteiger partial charge on any atom is 0.122 e. The Labute approximate surface area is 114 Å². The zero-order chi connectivity index (χ0) is 13.7. The van der Waals surface area contributed by atoms with Crippen LogP contribution in [0.4, 0.5) is 0 Å². The topological polar surface area (TPSA) is 73.3 Å². The summed E-state index contributed by atoms with van der Waals surface area (Å²) in [6.45, 7) is 2.16. The molecule has 104 valence electrons. The summed E-state index contributed by atoms with van der Waals surface area (Å²) in [6, 6.07) is 8.12. The van der Waals surface area contributed by atoms with Crippen LogP contribution in [0, 0.1) is 5.41 Å². The van der Waals surface area contributed by atoms with Gasteiger partial charge in [-0.15, -0.1) is 0 Å². The number of benzene rings is 1. The number of hydrogen-bond acceptors (Lipinski definition) is 3. The van der Waals surface area contributed by atoms with Gasteiger partial charge in [0.25, 0.3) is 0 Å². The minimum Gasteiger partial charge on any atom is -0.395 e. The van der Waals surface area contributed by atoms with Crippen LogP contribution in [0.2, 0.25) is 0 Å². The maximum atomic E-state index is 9.50. The summed E-state index contributed by atoms with van der Waals surface area (Å²) < 4.78 is 0. The fourth-order valence-electron chi connectivity index (χ4n) is 2.68. The lowest BCUT2D eigenvalue weighted by atomic mass is 10.1. The van der Waals surface area contributed by atoms with Crippen molar-refractivity contribution in [2.45, 2.75) is 38.3 Å². The Kier molecular flexibility index (Phi) is 4.93. The van der Waals surface area contributed by atoms with E-state index >= 15 is 0 Å². The van der Waals surface area contributed by atoms with Crippen molar-refractivity contribution in [3.63, 3.8) is 0 Å². The Morgan fingerprint density at radius 2 is 2.00 bits per heavy atom. The summed E-state index contributed by atoms with van der Waals surface area (Å²) in [5.74, 6) is 0.106. The van der Waals surface area contributed by atoms with Gasteiger partial charge < -0.3 is 10.8 Å². The van der Waals surface area contributed by atoms with E-state index in [-0.39, 0.29) is 18.5 Å². The van der Waals surface area contributed by atoms with E-state index < -0.39 is 0 Å². The highest BCUT2D eigenvalue weighted by molar-refractivity contribution is 5.94. The number of rotatable bonds is 4. The molecule has 0 spiro atoms. The molecule has 0 amide bonds. The zero-order valence-electron chi connectivity index (χ0n) is 11.3. The Bertz CT molecular complexity index is 416. The highest BCUT2D eigenvalue weighted by Gasteiger charge is 2.20. The van der Waals surface area contributed by atoms with Crippen LogP contribution in [0.3, 0.4) is 0 Å². The number of nitrogen functional groups attached to an aromatic ring is 1. The van der Waals surface area contributed by atoms with Crippen LogP contribution in [0.5, 0.6) is 0 Å². The van der Waals surface area contributed by atoms with Gasteiger partial charge in [-0.25, -0.2) is 0 Å². The molecule has 1 aromatic rings. The second kappa shape index (κ2) is 6.68. The summed E-state index contributed by atoms with van der Waals surface area (Å²) >= 11 is 0. The van der Waals surface area contributed by atoms with Crippen LogP contribution in [-0.4, -0.2) is 35.0 Å². The van der Waals surface area contributed by atoms with Crippen LogP contribution in [0.1, 0.15) is 36.8 Å². The monoisotopic (exact) mass is 261 g/mol. The first-order valence-corrected chi connectivity index (χ1v) is 6.99. The van der Waals surface area contributed by atoms with Gasteiger partial charge in [0, 0.05) is 18.2 Å². The summed E-state index contributed by atoms with van der Waals surface area (Å²) in [5, 5.41) is 16.9. The molecule has 0 aliphatic carbocycles. The molecule has 1 heterocycles. The third kappa shape index (κ3) is 3.78. The maximum absolute atomic E-state index is 9.50. The summed E-state index contributed by atoms with van der Waals surface area (Å²) in [5.41, 5.74) is 7.43. The van der Waals surface area contributed by atoms with E-state index in [0.717, 1.165) is 25.1 Å². The molecule has 0 saturated carbocycles. The van der Waals surface area contributed by atoms with Crippen LogP contribution in [0.15, 0.2) is 24.3 Å². The molecule has 1 saturated heterocycles. The number of nitrogens with two attached hydrogens (primary N) is 1. The minimum absolute atomic E-state index is 0.106. The molecule has 0 bridgehead atoms. The first kappa shape index (κ1) is 14.0. The molecular formula is C15H23N3O.